The number of nitrogens with one attached hydrogen (secondary N) is 1. The maximum absolute atomic E-state index is 12.5. The van der Waals surface area contributed by atoms with Gasteiger partial charge < -0.3 is 10.4 Å². The first-order chi connectivity index (χ1) is 11.9. The number of amides is 1. The number of carboxylic acids is 1. The van der Waals surface area contributed by atoms with E-state index in [4.69, 9.17) is 5.11 Å². The minimum atomic E-state index is -0.868. The number of aliphatic carboxylic acids is 1. The molecule has 6 heteroatoms. The van der Waals surface area contributed by atoms with Crippen LogP contribution < -0.4 is 5.32 Å². The highest BCUT2D eigenvalue weighted by molar-refractivity contribution is 5.92. The Morgan fingerprint density at radius 2 is 1.92 bits per heavy atom. The first-order valence-electron chi connectivity index (χ1n) is 8.47. The second-order valence-electron chi connectivity index (χ2n) is 6.53. The number of carboxylic acid groups (broad SMARTS) is 1. The van der Waals surface area contributed by atoms with Crippen molar-refractivity contribution in [2.24, 2.45) is 7.05 Å². The van der Waals surface area contributed by atoms with Crippen molar-refractivity contribution in [2.45, 2.75) is 45.1 Å². The molecule has 0 saturated heterocycles. The summed E-state index contributed by atoms with van der Waals surface area (Å²) in [5, 5.41) is 16.2. The Morgan fingerprint density at radius 3 is 2.48 bits per heavy atom. The number of hydrogen-bond acceptors (Lipinski definition) is 3. The van der Waals surface area contributed by atoms with Gasteiger partial charge in [-0.2, -0.15) is 5.10 Å². The summed E-state index contributed by atoms with van der Waals surface area (Å²) in [5.74, 6) is -0.868. The second-order valence-corrected chi connectivity index (χ2v) is 6.53. The minimum Gasteiger partial charge on any atom is -0.481 e. The van der Waals surface area contributed by atoms with Crippen molar-refractivity contribution in [3.05, 3.63) is 53.3 Å². The predicted octanol–water partition coefficient (Wildman–Crippen LogP) is 2.75. The summed E-state index contributed by atoms with van der Waals surface area (Å²) < 4.78 is 1.71. The summed E-state index contributed by atoms with van der Waals surface area (Å²) >= 11 is 0. The van der Waals surface area contributed by atoms with Crippen LogP contribution in [-0.4, -0.2) is 32.8 Å². The van der Waals surface area contributed by atoms with Crippen LogP contribution in [0.2, 0.25) is 0 Å². The summed E-state index contributed by atoms with van der Waals surface area (Å²) in [5.41, 5.74) is 2.40. The Kier molecular flexibility index (Phi) is 6.33. The highest BCUT2D eigenvalue weighted by Crippen LogP contribution is 2.15. The molecule has 2 aromatic rings. The molecule has 2 N–H and O–H groups in total. The minimum absolute atomic E-state index is 0.0112. The molecule has 0 radical (unpaired) electrons. The number of aromatic nitrogens is 2. The zero-order valence-electron chi connectivity index (χ0n) is 14.9. The van der Waals surface area contributed by atoms with E-state index in [-0.39, 0.29) is 24.3 Å². The van der Waals surface area contributed by atoms with Gasteiger partial charge in [-0.3, -0.25) is 14.3 Å². The van der Waals surface area contributed by atoms with Gasteiger partial charge in [0.05, 0.1) is 0 Å². The number of carbonyl (C=O) groups is 2. The predicted molar refractivity (Wildman–Crippen MR) is 95.6 cm³/mol. The summed E-state index contributed by atoms with van der Waals surface area (Å²) in [6.07, 6.45) is 0.973. The first-order valence-corrected chi connectivity index (χ1v) is 8.47. The smallest absolute Gasteiger partial charge is 0.303 e. The third-order valence-corrected chi connectivity index (χ3v) is 4.11. The van der Waals surface area contributed by atoms with Crippen molar-refractivity contribution < 1.29 is 14.7 Å². The van der Waals surface area contributed by atoms with E-state index < -0.39 is 5.97 Å². The van der Waals surface area contributed by atoms with Crippen LogP contribution >= 0.6 is 0 Å². The second kappa shape index (κ2) is 8.46. The molecule has 0 fully saturated rings. The number of carbonyl (C=O) groups excluding carboxylic acids is 1. The van der Waals surface area contributed by atoms with Gasteiger partial charge in [0, 0.05) is 25.2 Å². The van der Waals surface area contributed by atoms with Crippen LogP contribution in [0.1, 0.15) is 54.4 Å². The molecule has 6 nitrogen and oxygen atoms in total. The molecule has 1 heterocycles. The lowest BCUT2D eigenvalue weighted by Gasteiger charge is -2.17. The van der Waals surface area contributed by atoms with Crippen LogP contribution in [0.15, 0.2) is 36.4 Å². The lowest BCUT2D eigenvalue weighted by atomic mass is 10.0. The molecule has 25 heavy (non-hydrogen) atoms. The van der Waals surface area contributed by atoms with Crippen molar-refractivity contribution in [3.8, 4) is 0 Å². The average Bonchev–Trinajstić information content (AvgIpc) is 2.96. The number of aryl methyl sites for hydroxylation is 1. The van der Waals surface area contributed by atoms with Crippen LogP contribution in [0.25, 0.3) is 0 Å². The Hall–Kier alpha value is -2.63. The Morgan fingerprint density at radius 1 is 1.24 bits per heavy atom. The molecule has 134 valence electrons. The molecule has 1 amide bonds. The van der Waals surface area contributed by atoms with Gasteiger partial charge in [0.1, 0.15) is 5.69 Å². The Balaban J connectivity index is 2.10. The summed E-state index contributed by atoms with van der Waals surface area (Å²) in [6, 6.07) is 11.3. The average molecular weight is 343 g/mol. The van der Waals surface area contributed by atoms with Crippen molar-refractivity contribution in [3.63, 3.8) is 0 Å². The molecule has 1 atom stereocenters. The Labute approximate surface area is 147 Å². The zero-order valence-corrected chi connectivity index (χ0v) is 14.9. The van der Waals surface area contributed by atoms with Gasteiger partial charge in [-0.15, -0.1) is 0 Å². The van der Waals surface area contributed by atoms with E-state index in [1.54, 1.807) is 10.7 Å². The molecule has 0 spiro atoms. The molecule has 0 aliphatic rings. The maximum Gasteiger partial charge on any atom is 0.303 e. The number of hydrogen-bond donors (Lipinski definition) is 2. The van der Waals surface area contributed by atoms with Gasteiger partial charge >= 0.3 is 5.97 Å². The first kappa shape index (κ1) is 18.7. The normalized spacial score (nSPS) is 12.2. The van der Waals surface area contributed by atoms with E-state index in [1.807, 2.05) is 51.2 Å². The summed E-state index contributed by atoms with van der Waals surface area (Å²) in [4.78, 5) is 23.5. The molecule has 1 aromatic carbocycles. The van der Waals surface area contributed by atoms with Gasteiger partial charge in [-0.1, -0.05) is 44.2 Å². The molecule has 0 saturated carbocycles. The van der Waals surface area contributed by atoms with Gasteiger partial charge in [0.15, 0.2) is 0 Å². The number of rotatable bonds is 8. The van der Waals surface area contributed by atoms with Crippen LogP contribution in [0.4, 0.5) is 0 Å². The molecular formula is C19H25N3O3. The van der Waals surface area contributed by atoms with E-state index in [9.17, 15) is 9.59 Å². The van der Waals surface area contributed by atoms with E-state index >= 15 is 0 Å². The van der Waals surface area contributed by atoms with Crippen LogP contribution in [0, 0.1) is 0 Å². The van der Waals surface area contributed by atoms with Crippen LogP contribution in [-0.2, 0) is 18.3 Å². The van der Waals surface area contributed by atoms with Crippen LogP contribution in [0.5, 0.6) is 0 Å². The van der Waals surface area contributed by atoms with Crippen molar-refractivity contribution in [1.29, 1.82) is 0 Å². The van der Waals surface area contributed by atoms with E-state index in [0.717, 1.165) is 11.3 Å². The lowest BCUT2D eigenvalue weighted by molar-refractivity contribution is -0.137. The fraction of sp³-hybridized carbons (Fsp3) is 0.421. The third kappa shape index (κ3) is 5.45. The number of nitrogens with zero attached hydrogens (tertiary/aromatic N) is 2. The lowest BCUT2D eigenvalue weighted by Crippen LogP contribution is -2.37. The SMILES string of the molecule is CC(C)c1cc(C(=O)NC(CCC(=O)O)Cc2ccccc2)nn1C. The molecular weight excluding hydrogens is 318 g/mol. The molecule has 1 unspecified atom stereocenters. The van der Waals surface area contributed by atoms with E-state index in [2.05, 4.69) is 10.4 Å². The molecule has 2 rings (SSSR count). The van der Waals surface area contributed by atoms with Crippen LogP contribution in [0.3, 0.4) is 0 Å². The molecule has 1 aromatic heterocycles. The molecule has 0 bridgehead atoms. The monoisotopic (exact) mass is 343 g/mol. The fourth-order valence-corrected chi connectivity index (χ4v) is 2.81. The maximum atomic E-state index is 12.5. The zero-order chi connectivity index (χ0) is 18.4. The summed E-state index contributed by atoms with van der Waals surface area (Å²) in [7, 11) is 1.82. The van der Waals surface area contributed by atoms with Gasteiger partial charge in [-0.05, 0) is 30.4 Å². The van der Waals surface area contributed by atoms with Gasteiger partial charge in [0.2, 0.25) is 0 Å². The van der Waals surface area contributed by atoms with Gasteiger partial charge in [-0.25, -0.2) is 0 Å². The molecule has 0 aliphatic carbocycles. The largest absolute Gasteiger partial charge is 0.481 e. The Bertz CT molecular complexity index is 723. The molecule has 0 aliphatic heterocycles. The topological polar surface area (TPSA) is 84.2 Å². The quantitative estimate of drug-likeness (QED) is 0.772. The van der Waals surface area contributed by atoms with E-state index in [0.29, 0.717) is 18.5 Å². The summed E-state index contributed by atoms with van der Waals surface area (Å²) in [6.45, 7) is 4.09. The van der Waals surface area contributed by atoms with Crippen molar-refractivity contribution in [1.82, 2.24) is 15.1 Å². The third-order valence-electron chi connectivity index (χ3n) is 4.11. The highest BCUT2D eigenvalue weighted by atomic mass is 16.4. The van der Waals surface area contributed by atoms with Gasteiger partial charge in [0.25, 0.3) is 5.91 Å². The highest BCUT2D eigenvalue weighted by Gasteiger charge is 2.19. The van der Waals surface area contributed by atoms with E-state index in [1.165, 1.54) is 0 Å². The fourth-order valence-electron chi connectivity index (χ4n) is 2.81. The standard InChI is InChI=1S/C19H25N3O3/c1-13(2)17-12-16(21-22(17)3)19(25)20-15(9-10-18(23)24)11-14-7-5-4-6-8-14/h4-8,12-13,15H,9-11H2,1-3H3,(H,20,25)(H,23,24). The number of benzene rings is 1. The van der Waals surface area contributed by atoms with Crippen molar-refractivity contribution >= 4 is 11.9 Å². The van der Waals surface area contributed by atoms with Crippen molar-refractivity contribution in [2.75, 3.05) is 0 Å².